The number of nitrogens with zero attached hydrogens (tertiary/aromatic N) is 2. The van der Waals surface area contributed by atoms with E-state index < -0.39 is 0 Å². The fourth-order valence-electron chi connectivity index (χ4n) is 4.09. The van der Waals surface area contributed by atoms with E-state index >= 15 is 0 Å². The maximum atomic E-state index is 13.3. The Morgan fingerprint density at radius 3 is 2.17 bits per heavy atom. The van der Waals surface area contributed by atoms with Crippen LogP contribution in [-0.2, 0) is 0 Å². The first kappa shape index (κ1) is 19.4. The molecule has 152 valence electrons. The van der Waals surface area contributed by atoms with Gasteiger partial charge in [0.2, 0.25) is 0 Å². The fourth-order valence-corrected chi connectivity index (χ4v) is 4.09. The maximum absolute atomic E-state index is 13.3. The van der Waals surface area contributed by atoms with Crippen LogP contribution < -0.4 is 10.2 Å². The van der Waals surface area contributed by atoms with Crippen molar-refractivity contribution in [2.24, 2.45) is 0 Å². The summed E-state index contributed by atoms with van der Waals surface area (Å²) in [6.07, 6.45) is 5.48. The molecule has 2 aromatic carbocycles. The molecule has 0 aromatic heterocycles. The SMILES string of the molecule is O=C(Nc1ccc(N2CCCC2)c(C(=O)N2CCCCC2)c1)c1ccc(F)cc1. The van der Waals surface area contributed by atoms with Crippen molar-refractivity contribution in [1.29, 1.82) is 0 Å². The standard InChI is InChI=1S/C23H26FN3O2/c24-18-8-6-17(7-9-18)22(28)25-19-10-11-21(26-12-4-5-13-26)20(16-19)23(29)27-14-2-1-3-15-27/h6-11,16H,1-5,12-15H2,(H,25,28). The zero-order valence-electron chi connectivity index (χ0n) is 16.5. The predicted octanol–water partition coefficient (Wildman–Crippen LogP) is 4.30. The first-order valence-corrected chi connectivity index (χ1v) is 10.4. The summed E-state index contributed by atoms with van der Waals surface area (Å²) in [6, 6.07) is 11.0. The Morgan fingerprint density at radius 2 is 1.48 bits per heavy atom. The van der Waals surface area contributed by atoms with E-state index in [0.29, 0.717) is 16.8 Å². The Hall–Kier alpha value is -2.89. The van der Waals surface area contributed by atoms with Gasteiger partial charge in [-0.3, -0.25) is 9.59 Å². The Kier molecular flexibility index (Phi) is 5.79. The summed E-state index contributed by atoms with van der Waals surface area (Å²) >= 11 is 0. The Bertz CT molecular complexity index is 885. The second-order valence-corrected chi connectivity index (χ2v) is 7.74. The molecule has 2 aliphatic heterocycles. The smallest absolute Gasteiger partial charge is 0.256 e. The minimum atomic E-state index is -0.383. The molecule has 6 heteroatoms. The lowest BCUT2D eigenvalue weighted by Gasteiger charge is -2.29. The van der Waals surface area contributed by atoms with E-state index in [1.165, 1.54) is 24.3 Å². The molecule has 2 heterocycles. The van der Waals surface area contributed by atoms with Gasteiger partial charge in [-0.05, 0) is 74.6 Å². The maximum Gasteiger partial charge on any atom is 0.256 e. The van der Waals surface area contributed by atoms with Gasteiger partial charge in [-0.15, -0.1) is 0 Å². The molecule has 2 saturated heterocycles. The van der Waals surface area contributed by atoms with Gasteiger partial charge in [0, 0.05) is 43.1 Å². The van der Waals surface area contributed by atoms with Crippen molar-refractivity contribution in [2.45, 2.75) is 32.1 Å². The summed E-state index contributed by atoms with van der Waals surface area (Å²) in [6.45, 7) is 3.46. The number of carbonyl (C=O) groups is 2. The van der Waals surface area contributed by atoms with Gasteiger partial charge in [-0.25, -0.2) is 4.39 Å². The van der Waals surface area contributed by atoms with E-state index in [-0.39, 0.29) is 17.6 Å². The average Bonchev–Trinajstić information content (AvgIpc) is 3.29. The highest BCUT2D eigenvalue weighted by Gasteiger charge is 2.25. The molecule has 0 radical (unpaired) electrons. The van der Waals surface area contributed by atoms with Gasteiger partial charge < -0.3 is 15.1 Å². The first-order chi connectivity index (χ1) is 14.1. The Labute approximate surface area is 170 Å². The van der Waals surface area contributed by atoms with Crippen LogP contribution in [0.15, 0.2) is 42.5 Å². The van der Waals surface area contributed by atoms with Crippen LogP contribution >= 0.6 is 0 Å². The molecule has 0 unspecified atom stereocenters. The number of likely N-dealkylation sites (tertiary alicyclic amines) is 1. The van der Waals surface area contributed by atoms with Gasteiger partial charge in [0.1, 0.15) is 5.82 Å². The molecule has 0 aliphatic carbocycles. The van der Waals surface area contributed by atoms with Gasteiger partial charge in [-0.1, -0.05) is 0 Å². The summed E-state index contributed by atoms with van der Waals surface area (Å²) in [7, 11) is 0. The molecule has 0 bridgehead atoms. The van der Waals surface area contributed by atoms with Crippen molar-refractivity contribution in [2.75, 3.05) is 36.4 Å². The van der Waals surface area contributed by atoms with Gasteiger partial charge in [0.25, 0.3) is 11.8 Å². The van der Waals surface area contributed by atoms with E-state index in [1.54, 1.807) is 6.07 Å². The second-order valence-electron chi connectivity index (χ2n) is 7.74. The van der Waals surface area contributed by atoms with Crippen molar-refractivity contribution >= 4 is 23.2 Å². The number of rotatable bonds is 4. The molecule has 0 saturated carbocycles. The highest BCUT2D eigenvalue weighted by atomic mass is 19.1. The highest BCUT2D eigenvalue weighted by Crippen LogP contribution is 2.29. The van der Waals surface area contributed by atoms with Crippen LogP contribution in [0.3, 0.4) is 0 Å². The van der Waals surface area contributed by atoms with E-state index in [0.717, 1.165) is 64.0 Å². The van der Waals surface area contributed by atoms with Gasteiger partial charge >= 0.3 is 0 Å². The molecule has 0 atom stereocenters. The van der Waals surface area contributed by atoms with E-state index in [2.05, 4.69) is 10.2 Å². The molecule has 2 fully saturated rings. The van der Waals surface area contributed by atoms with Crippen LogP contribution in [0.1, 0.15) is 52.8 Å². The Morgan fingerprint density at radius 1 is 0.828 bits per heavy atom. The fraction of sp³-hybridized carbons (Fsp3) is 0.391. The van der Waals surface area contributed by atoms with Crippen LogP contribution in [0.4, 0.5) is 15.8 Å². The van der Waals surface area contributed by atoms with Crippen LogP contribution in [0.25, 0.3) is 0 Å². The van der Waals surface area contributed by atoms with Crippen molar-refractivity contribution in [1.82, 2.24) is 4.90 Å². The minimum Gasteiger partial charge on any atom is -0.371 e. The molecule has 4 rings (SSSR count). The van der Waals surface area contributed by atoms with Gasteiger partial charge in [0.05, 0.1) is 5.56 Å². The largest absolute Gasteiger partial charge is 0.371 e. The van der Waals surface area contributed by atoms with Crippen molar-refractivity contribution < 1.29 is 14.0 Å². The number of hydrogen-bond donors (Lipinski definition) is 1. The molecule has 2 amide bonds. The number of benzene rings is 2. The third kappa shape index (κ3) is 4.42. The molecule has 2 aliphatic rings. The monoisotopic (exact) mass is 395 g/mol. The Balaban J connectivity index is 1.60. The lowest BCUT2D eigenvalue weighted by atomic mass is 10.1. The number of nitrogens with one attached hydrogen (secondary N) is 1. The molecular weight excluding hydrogens is 369 g/mol. The summed E-state index contributed by atoms with van der Waals surface area (Å²) in [5.74, 6) is -0.675. The second kappa shape index (κ2) is 8.64. The molecule has 2 aromatic rings. The summed E-state index contributed by atoms with van der Waals surface area (Å²) < 4.78 is 13.1. The summed E-state index contributed by atoms with van der Waals surface area (Å²) in [5.41, 5.74) is 2.53. The molecule has 29 heavy (non-hydrogen) atoms. The first-order valence-electron chi connectivity index (χ1n) is 10.4. The molecule has 0 spiro atoms. The summed E-state index contributed by atoms with van der Waals surface area (Å²) in [5, 5.41) is 2.84. The average molecular weight is 395 g/mol. The zero-order chi connectivity index (χ0) is 20.2. The minimum absolute atomic E-state index is 0.0319. The number of carbonyl (C=O) groups excluding carboxylic acids is 2. The predicted molar refractivity (Wildman–Crippen MR) is 112 cm³/mol. The number of hydrogen-bond acceptors (Lipinski definition) is 3. The number of halogens is 1. The van der Waals surface area contributed by atoms with Crippen LogP contribution in [0, 0.1) is 5.82 Å². The lowest BCUT2D eigenvalue weighted by Crippen LogP contribution is -2.36. The van der Waals surface area contributed by atoms with E-state index in [9.17, 15) is 14.0 Å². The summed E-state index contributed by atoms with van der Waals surface area (Å²) in [4.78, 5) is 30.0. The van der Waals surface area contributed by atoms with Crippen molar-refractivity contribution in [3.63, 3.8) is 0 Å². The quantitative estimate of drug-likeness (QED) is 0.840. The van der Waals surface area contributed by atoms with Crippen LogP contribution in [-0.4, -0.2) is 42.9 Å². The van der Waals surface area contributed by atoms with Crippen LogP contribution in [0.2, 0.25) is 0 Å². The molecular formula is C23H26FN3O2. The number of anilines is 2. The van der Waals surface area contributed by atoms with E-state index in [4.69, 9.17) is 0 Å². The van der Waals surface area contributed by atoms with E-state index in [1.807, 2.05) is 17.0 Å². The zero-order valence-corrected chi connectivity index (χ0v) is 16.5. The molecule has 1 N–H and O–H groups in total. The van der Waals surface area contributed by atoms with Gasteiger partial charge in [-0.2, -0.15) is 0 Å². The topological polar surface area (TPSA) is 52.7 Å². The highest BCUT2D eigenvalue weighted by molar-refractivity contribution is 6.06. The lowest BCUT2D eigenvalue weighted by molar-refractivity contribution is 0.0724. The number of piperidine rings is 1. The van der Waals surface area contributed by atoms with Crippen LogP contribution in [0.5, 0.6) is 0 Å². The molecule has 5 nitrogen and oxygen atoms in total. The van der Waals surface area contributed by atoms with Gasteiger partial charge in [0.15, 0.2) is 0 Å². The normalized spacial score (nSPS) is 16.7. The third-order valence-electron chi connectivity index (χ3n) is 5.68. The number of amides is 2. The van der Waals surface area contributed by atoms with Crippen molar-refractivity contribution in [3.8, 4) is 0 Å². The van der Waals surface area contributed by atoms with Crippen molar-refractivity contribution in [3.05, 3.63) is 59.4 Å². The third-order valence-corrected chi connectivity index (χ3v) is 5.68.